The molecule has 4 nitrogen and oxygen atoms in total. The number of carbonyl (C=O) groups excluding carboxylic acids is 2. The first-order chi connectivity index (χ1) is 14.1. The summed E-state index contributed by atoms with van der Waals surface area (Å²) < 4.78 is 86.9. The molecule has 0 aliphatic rings. The molecule has 0 N–H and O–H groups in total. The zero-order valence-electron chi connectivity index (χ0n) is 17.5. The molecular weight excluding hydrogens is 430 g/mol. The van der Waals surface area contributed by atoms with Gasteiger partial charge in [0.2, 0.25) is 0 Å². The molecule has 1 aromatic rings. The molecule has 1 rings (SSSR count). The smallest absolute Gasteiger partial charge is 0.389 e. The lowest BCUT2D eigenvalue weighted by Gasteiger charge is -2.29. The maximum absolute atomic E-state index is 12.8. The van der Waals surface area contributed by atoms with E-state index in [0.29, 0.717) is 5.56 Å². The lowest BCUT2D eigenvalue weighted by molar-refractivity contribution is -0.176. The highest BCUT2D eigenvalue weighted by Gasteiger charge is 2.42. The fourth-order valence-electron chi connectivity index (χ4n) is 2.82. The monoisotopic (exact) mass is 456 g/mol. The Bertz CT molecular complexity index is 707. The molecule has 0 bridgehead atoms. The summed E-state index contributed by atoms with van der Waals surface area (Å²) in [5, 5.41) is 0. The van der Waals surface area contributed by atoms with E-state index < -0.39 is 67.4 Å². The number of ether oxygens (including phenoxy) is 2. The van der Waals surface area contributed by atoms with Gasteiger partial charge in [-0.2, -0.15) is 26.3 Å². The summed E-state index contributed by atoms with van der Waals surface area (Å²) in [4.78, 5) is 25.1. The van der Waals surface area contributed by atoms with Gasteiger partial charge in [0.05, 0.1) is 11.8 Å². The fourth-order valence-corrected chi connectivity index (χ4v) is 2.82. The summed E-state index contributed by atoms with van der Waals surface area (Å²) >= 11 is 0. The second kappa shape index (κ2) is 10.9. The van der Waals surface area contributed by atoms with Gasteiger partial charge < -0.3 is 9.47 Å². The van der Waals surface area contributed by atoms with Crippen LogP contribution < -0.4 is 0 Å². The maximum Gasteiger partial charge on any atom is 0.389 e. The second-order valence-corrected chi connectivity index (χ2v) is 8.15. The molecule has 0 aliphatic carbocycles. The number of carbonyl (C=O) groups is 2. The Balaban J connectivity index is 3.11. The Morgan fingerprint density at radius 1 is 0.806 bits per heavy atom. The standard InChI is InChI=1S/C21H26F6O4/c1-19(2,3)31-18(29)16(10-12-21(25,26)27)15(9-11-20(22,23)24)17(28)30-13-14-7-5-4-6-8-14/h4-8,15-16H,9-13H2,1-3H3. The van der Waals surface area contributed by atoms with Gasteiger partial charge in [0, 0.05) is 12.8 Å². The first-order valence-corrected chi connectivity index (χ1v) is 9.64. The molecule has 0 aromatic heterocycles. The summed E-state index contributed by atoms with van der Waals surface area (Å²) in [5.41, 5.74) is -0.565. The second-order valence-electron chi connectivity index (χ2n) is 8.15. The van der Waals surface area contributed by atoms with Crippen molar-refractivity contribution in [2.45, 2.75) is 71.0 Å². The van der Waals surface area contributed by atoms with E-state index in [9.17, 15) is 35.9 Å². The SMILES string of the molecule is CC(C)(C)OC(=O)C(CCC(F)(F)F)C(CCC(F)(F)F)C(=O)OCc1ccccc1. The van der Waals surface area contributed by atoms with Gasteiger partial charge in [0.1, 0.15) is 12.2 Å². The predicted molar refractivity (Wildman–Crippen MR) is 99.6 cm³/mol. The van der Waals surface area contributed by atoms with E-state index in [1.54, 1.807) is 30.3 Å². The van der Waals surface area contributed by atoms with Crippen molar-refractivity contribution in [2.75, 3.05) is 0 Å². The van der Waals surface area contributed by atoms with Crippen LogP contribution in [0.4, 0.5) is 26.3 Å². The molecule has 10 heteroatoms. The van der Waals surface area contributed by atoms with Crippen LogP contribution >= 0.6 is 0 Å². The molecular formula is C21H26F6O4. The Kier molecular flexibility index (Phi) is 9.38. The summed E-state index contributed by atoms with van der Waals surface area (Å²) in [6.45, 7) is 4.10. The van der Waals surface area contributed by atoms with E-state index in [2.05, 4.69) is 0 Å². The molecule has 176 valence electrons. The number of benzene rings is 1. The van der Waals surface area contributed by atoms with Crippen LogP contribution in [-0.2, 0) is 25.7 Å². The molecule has 0 spiro atoms. The van der Waals surface area contributed by atoms with Crippen LogP contribution in [0.5, 0.6) is 0 Å². The van der Waals surface area contributed by atoms with E-state index in [0.717, 1.165) is 0 Å². The molecule has 1 aromatic carbocycles. The highest BCUT2D eigenvalue weighted by atomic mass is 19.4. The third kappa shape index (κ3) is 11.6. The average molecular weight is 456 g/mol. The quantitative estimate of drug-likeness (QED) is 0.338. The summed E-state index contributed by atoms with van der Waals surface area (Å²) in [6.07, 6.45) is -14.0. The molecule has 0 radical (unpaired) electrons. The van der Waals surface area contributed by atoms with Gasteiger partial charge >= 0.3 is 24.3 Å². The summed E-state index contributed by atoms with van der Waals surface area (Å²) in [7, 11) is 0. The number of hydrogen-bond acceptors (Lipinski definition) is 4. The Morgan fingerprint density at radius 2 is 1.26 bits per heavy atom. The highest BCUT2D eigenvalue weighted by molar-refractivity contribution is 5.82. The number of esters is 2. The van der Waals surface area contributed by atoms with E-state index in [1.807, 2.05) is 0 Å². The Morgan fingerprint density at radius 3 is 1.68 bits per heavy atom. The van der Waals surface area contributed by atoms with E-state index in [4.69, 9.17) is 9.47 Å². The zero-order chi connectivity index (χ0) is 23.9. The average Bonchev–Trinajstić information content (AvgIpc) is 2.60. The molecule has 0 aliphatic heterocycles. The van der Waals surface area contributed by atoms with Crippen LogP contribution in [0.2, 0.25) is 0 Å². The van der Waals surface area contributed by atoms with Crippen LogP contribution in [0.3, 0.4) is 0 Å². The molecule has 0 saturated heterocycles. The van der Waals surface area contributed by atoms with Gasteiger partial charge in [0.15, 0.2) is 0 Å². The Labute approximate surface area is 176 Å². The molecule has 2 unspecified atom stereocenters. The van der Waals surface area contributed by atoms with Gasteiger partial charge in [0.25, 0.3) is 0 Å². The fraction of sp³-hybridized carbons (Fsp3) is 0.619. The first kappa shape index (κ1) is 26.8. The van der Waals surface area contributed by atoms with Crippen LogP contribution in [0, 0.1) is 11.8 Å². The van der Waals surface area contributed by atoms with Crippen LogP contribution in [0.25, 0.3) is 0 Å². The minimum absolute atomic E-state index is 0.289. The lowest BCUT2D eigenvalue weighted by atomic mass is 9.84. The topological polar surface area (TPSA) is 52.6 Å². The molecule has 2 atom stereocenters. The number of hydrogen-bond donors (Lipinski definition) is 0. The molecule has 0 heterocycles. The largest absolute Gasteiger partial charge is 0.461 e. The van der Waals surface area contributed by atoms with E-state index >= 15 is 0 Å². The summed E-state index contributed by atoms with van der Waals surface area (Å²) in [6, 6.07) is 8.21. The van der Waals surface area contributed by atoms with E-state index in [-0.39, 0.29) is 6.61 Å². The van der Waals surface area contributed by atoms with Gasteiger partial charge in [-0.1, -0.05) is 30.3 Å². The van der Waals surface area contributed by atoms with Gasteiger partial charge in [-0.15, -0.1) is 0 Å². The van der Waals surface area contributed by atoms with E-state index in [1.165, 1.54) is 20.8 Å². The lowest BCUT2D eigenvalue weighted by Crippen LogP contribution is -2.37. The third-order valence-electron chi connectivity index (χ3n) is 4.20. The number of rotatable bonds is 9. The van der Waals surface area contributed by atoms with Crippen molar-refractivity contribution in [1.29, 1.82) is 0 Å². The molecule has 0 saturated carbocycles. The molecule has 31 heavy (non-hydrogen) atoms. The normalized spacial score (nSPS) is 14.6. The van der Waals surface area contributed by atoms with Gasteiger partial charge in [-0.25, -0.2) is 0 Å². The number of halogens is 6. The summed E-state index contributed by atoms with van der Waals surface area (Å²) in [5.74, 6) is -5.80. The predicted octanol–water partition coefficient (Wildman–Crippen LogP) is 5.99. The first-order valence-electron chi connectivity index (χ1n) is 9.64. The maximum atomic E-state index is 12.8. The van der Waals surface area contributed by atoms with Crippen molar-refractivity contribution < 1.29 is 45.4 Å². The van der Waals surface area contributed by atoms with Gasteiger partial charge in [-0.05, 0) is 39.2 Å². The van der Waals surface area contributed by atoms with Crippen molar-refractivity contribution in [3.05, 3.63) is 35.9 Å². The van der Waals surface area contributed by atoms with Crippen LogP contribution in [0.15, 0.2) is 30.3 Å². The van der Waals surface area contributed by atoms with Crippen LogP contribution in [-0.4, -0.2) is 29.9 Å². The van der Waals surface area contributed by atoms with Crippen molar-refractivity contribution in [2.24, 2.45) is 11.8 Å². The van der Waals surface area contributed by atoms with Crippen LogP contribution in [0.1, 0.15) is 52.0 Å². The highest BCUT2D eigenvalue weighted by Crippen LogP contribution is 2.34. The number of alkyl halides is 6. The molecule has 0 fully saturated rings. The van der Waals surface area contributed by atoms with Crippen molar-refractivity contribution in [3.8, 4) is 0 Å². The minimum Gasteiger partial charge on any atom is -0.461 e. The minimum atomic E-state index is -4.67. The van der Waals surface area contributed by atoms with Gasteiger partial charge in [-0.3, -0.25) is 9.59 Å². The zero-order valence-corrected chi connectivity index (χ0v) is 17.5. The van der Waals surface area contributed by atoms with Crippen molar-refractivity contribution in [3.63, 3.8) is 0 Å². The van der Waals surface area contributed by atoms with Crippen molar-refractivity contribution >= 4 is 11.9 Å². The Hall–Kier alpha value is -2.26. The molecule has 0 amide bonds. The van der Waals surface area contributed by atoms with Crippen molar-refractivity contribution in [1.82, 2.24) is 0 Å². The third-order valence-corrected chi connectivity index (χ3v) is 4.20.